The Morgan fingerprint density at radius 1 is 1.14 bits per heavy atom. The molecule has 1 aromatic carbocycles. The standard InChI is InChI=1S/C27H34N6O3/c1-15(2)10-20-12-24(31-36-20)26-30-29-25(33(26)19-7-8-19)21-13-32(18(5)34)14-22(21)27(35)28-23-9-6-16(3)11-17(23)4/h6,9,11-12,15,19,21-22H,7-8,10,13-14H2,1-5H3,(H,28,35)/t21-,22-/m0/s1. The van der Waals surface area contributed by atoms with Crippen LogP contribution in [0.25, 0.3) is 11.5 Å². The Labute approximate surface area is 211 Å². The lowest BCUT2D eigenvalue weighted by molar-refractivity contribution is -0.128. The first-order chi connectivity index (χ1) is 17.2. The summed E-state index contributed by atoms with van der Waals surface area (Å²) >= 11 is 0. The Morgan fingerprint density at radius 2 is 1.92 bits per heavy atom. The van der Waals surface area contributed by atoms with Crippen molar-refractivity contribution in [1.82, 2.24) is 24.8 Å². The van der Waals surface area contributed by atoms with Crippen molar-refractivity contribution in [2.24, 2.45) is 11.8 Å². The summed E-state index contributed by atoms with van der Waals surface area (Å²) in [6.45, 7) is 10.6. The first kappa shape index (κ1) is 24.2. The van der Waals surface area contributed by atoms with Crippen molar-refractivity contribution in [2.75, 3.05) is 18.4 Å². The molecule has 2 amide bonds. The molecule has 9 heteroatoms. The van der Waals surface area contributed by atoms with Gasteiger partial charge in [0.05, 0.1) is 11.8 Å². The van der Waals surface area contributed by atoms with E-state index < -0.39 is 5.92 Å². The van der Waals surface area contributed by atoms with Crippen molar-refractivity contribution in [3.63, 3.8) is 0 Å². The molecule has 3 heterocycles. The van der Waals surface area contributed by atoms with Gasteiger partial charge in [-0.3, -0.25) is 9.59 Å². The number of aryl methyl sites for hydroxylation is 2. The Hall–Kier alpha value is -3.49. The number of anilines is 1. The number of nitrogens with zero attached hydrogens (tertiary/aromatic N) is 5. The second kappa shape index (κ2) is 9.52. The molecule has 9 nitrogen and oxygen atoms in total. The number of benzene rings is 1. The highest BCUT2D eigenvalue weighted by atomic mass is 16.5. The van der Waals surface area contributed by atoms with Crippen LogP contribution in [0, 0.1) is 25.7 Å². The quantitative estimate of drug-likeness (QED) is 0.530. The van der Waals surface area contributed by atoms with E-state index in [4.69, 9.17) is 4.52 Å². The summed E-state index contributed by atoms with van der Waals surface area (Å²) in [6, 6.07) is 8.17. The summed E-state index contributed by atoms with van der Waals surface area (Å²) < 4.78 is 7.69. The van der Waals surface area contributed by atoms with Crippen molar-refractivity contribution in [2.45, 2.75) is 65.8 Å². The SMILES string of the molecule is CC(=O)N1C[C@H](C(=O)Nc2ccc(C)cc2C)[C@@H](c2nnc(-c3cc(CC(C)C)on3)n2C2CC2)C1. The van der Waals surface area contributed by atoms with E-state index in [0.717, 1.165) is 47.7 Å². The third kappa shape index (κ3) is 4.79. The zero-order valence-electron chi connectivity index (χ0n) is 21.6. The van der Waals surface area contributed by atoms with Crippen LogP contribution in [0.5, 0.6) is 0 Å². The molecule has 36 heavy (non-hydrogen) atoms. The normalized spacial score (nSPS) is 19.8. The molecule has 3 aromatic rings. The smallest absolute Gasteiger partial charge is 0.230 e. The molecule has 2 atom stereocenters. The van der Waals surface area contributed by atoms with Crippen LogP contribution in [0.1, 0.15) is 68.3 Å². The van der Waals surface area contributed by atoms with Gasteiger partial charge in [-0.25, -0.2) is 0 Å². The van der Waals surface area contributed by atoms with Crippen LogP contribution in [0.4, 0.5) is 5.69 Å². The van der Waals surface area contributed by atoms with Crippen LogP contribution in [0.3, 0.4) is 0 Å². The number of carbonyl (C=O) groups excluding carboxylic acids is 2. The van der Waals surface area contributed by atoms with Crippen LogP contribution in [-0.4, -0.2) is 49.7 Å². The Kier molecular flexibility index (Phi) is 6.40. The third-order valence-electron chi connectivity index (χ3n) is 7.11. The van der Waals surface area contributed by atoms with E-state index in [9.17, 15) is 9.59 Å². The largest absolute Gasteiger partial charge is 0.361 e. The summed E-state index contributed by atoms with van der Waals surface area (Å²) in [5.74, 6) is 1.84. The lowest BCUT2D eigenvalue weighted by Crippen LogP contribution is -2.31. The van der Waals surface area contributed by atoms with Crippen molar-refractivity contribution in [3.05, 3.63) is 47.0 Å². The third-order valence-corrected chi connectivity index (χ3v) is 7.11. The summed E-state index contributed by atoms with van der Waals surface area (Å²) in [4.78, 5) is 27.6. The molecular formula is C27H34N6O3. The van der Waals surface area contributed by atoms with E-state index in [-0.39, 0.29) is 23.8 Å². The van der Waals surface area contributed by atoms with E-state index in [2.05, 4.69) is 39.1 Å². The monoisotopic (exact) mass is 490 g/mol. The molecular weight excluding hydrogens is 456 g/mol. The fraction of sp³-hybridized carbons (Fsp3) is 0.519. The molecule has 1 saturated heterocycles. The van der Waals surface area contributed by atoms with Gasteiger partial charge in [0.25, 0.3) is 0 Å². The van der Waals surface area contributed by atoms with Crippen molar-refractivity contribution >= 4 is 17.5 Å². The van der Waals surface area contributed by atoms with E-state index in [0.29, 0.717) is 30.5 Å². The number of hydrogen-bond acceptors (Lipinski definition) is 6. The van der Waals surface area contributed by atoms with Crippen LogP contribution >= 0.6 is 0 Å². The second-order valence-corrected chi connectivity index (χ2v) is 10.7. The molecule has 2 aromatic heterocycles. The molecule has 2 fully saturated rings. The van der Waals surface area contributed by atoms with Crippen molar-refractivity contribution < 1.29 is 14.1 Å². The number of hydrogen-bond donors (Lipinski definition) is 1. The lowest BCUT2D eigenvalue weighted by atomic mass is 9.93. The van der Waals surface area contributed by atoms with Gasteiger partial charge in [-0.05, 0) is 44.2 Å². The summed E-state index contributed by atoms with van der Waals surface area (Å²) in [5.41, 5.74) is 3.60. The second-order valence-electron chi connectivity index (χ2n) is 10.7. The van der Waals surface area contributed by atoms with Gasteiger partial charge in [0, 0.05) is 44.2 Å². The van der Waals surface area contributed by atoms with E-state index in [1.165, 1.54) is 0 Å². The number of carbonyl (C=O) groups is 2. The molecule has 2 aliphatic rings. The molecule has 1 aliphatic heterocycles. The highest BCUT2D eigenvalue weighted by molar-refractivity contribution is 5.94. The van der Waals surface area contributed by atoms with Gasteiger partial charge in [-0.1, -0.05) is 36.7 Å². The first-order valence-electron chi connectivity index (χ1n) is 12.8. The van der Waals surface area contributed by atoms with Crippen LogP contribution in [-0.2, 0) is 16.0 Å². The van der Waals surface area contributed by atoms with Crippen LogP contribution in [0.15, 0.2) is 28.8 Å². The summed E-state index contributed by atoms with van der Waals surface area (Å²) in [5, 5.41) is 16.5. The van der Waals surface area contributed by atoms with Gasteiger partial charge in [0.15, 0.2) is 11.5 Å². The van der Waals surface area contributed by atoms with Gasteiger partial charge < -0.3 is 19.3 Å². The minimum atomic E-state index is -0.432. The van der Waals surface area contributed by atoms with Gasteiger partial charge in [0.1, 0.15) is 11.6 Å². The van der Waals surface area contributed by atoms with Gasteiger partial charge in [0.2, 0.25) is 11.8 Å². The number of rotatable bonds is 7. The Balaban J connectivity index is 1.47. The Morgan fingerprint density at radius 3 is 2.58 bits per heavy atom. The minimum absolute atomic E-state index is 0.0469. The molecule has 1 N–H and O–H groups in total. The predicted molar refractivity (Wildman–Crippen MR) is 135 cm³/mol. The number of likely N-dealkylation sites (tertiary alicyclic amines) is 1. The number of aromatic nitrogens is 4. The molecule has 0 radical (unpaired) electrons. The molecule has 0 unspecified atom stereocenters. The predicted octanol–water partition coefficient (Wildman–Crippen LogP) is 4.28. The molecule has 0 bridgehead atoms. The fourth-order valence-electron chi connectivity index (χ4n) is 5.11. The number of amides is 2. The van der Waals surface area contributed by atoms with E-state index >= 15 is 0 Å². The number of nitrogens with one attached hydrogen (secondary N) is 1. The molecule has 1 saturated carbocycles. The fourth-order valence-corrected chi connectivity index (χ4v) is 5.11. The first-order valence-corrected chi connectivity index (χ1v) is 12.8. The highest BCUT2D eigenvalue weighted by Gasteiger charge is 2.44. The molecule has 0 spiro atoms. The van der Waals surface area contributed by atoms with Crippen LogP contribution < -0.4 is 5.32 Å². The summed E-state index contributed by atoms with van der Waals surface area (Å²) in [7, 11) is 0. The zero-order chi connectivity index (χ0) is 25.6. The maximum Gasteiger partial charge on any atom is 0.230 e. The average Bonchev–Trinajstić information content (AvgIpc) is 3.20. The van der Waals surface area contributed by atoms with Crippen molar-refractivity contribution in [3.8, 4) is 11.5 Å². The average molecular weight is 491 g/mol. The minimum Gasteiger partial charge on any atom is -0.361 e. The van der Waals surface area contributed by atoms with Crippen LogP contribution in [0.2, 0.25) is 0 Å². The Bertz CT molecular complexity index is 1290. The molecule has 5 rings (SSSR count). The van der Waals surface area contributed by atoms with Crippen molar-refractivity contribution in [1.29, 1.82) is 0 Å². The summed E-state index contributed by atoms with van der Waals surface area (Å²) in [6.07, 6.45) is 2.85. The van der Waals surface area contributed by atoms with Gasteiger partial charge >= 0.3 is 0 Å². The lowest BCUT2D eigenvalue weighted by Gasteiger charge is -2.19. The maximum atomic E-state index is 13.5. The zero-order valence-corrected chi connectivity index (χ0v) is 21.6. The topological polar surface area (TPSA) is 106 Å². The molecule has 1 aliphatic carbocycles. The van der Waals surface area contributed by atoms with E-state index in [1.807, 2.05) is 38.1 Å². The van der Waals surface area contributed by atoms with E-state index in [1.54, 1.807) is 11.8 Å². The van der Waals surface area contributed by atoms with Gasteiger partial charge in [-0.2, -0.15) is 0 Å². The highest BCUT2D eigenvalue weighted by Crippen LogP contribution is 2.43. The maximum absolute atomic E-state index is 13.5. The van der Waals surface area contributed by atoms with Gasteiger partial charge in [-0.15, -0.1) is 10.2 Å². The molecule has 190 valence electrons.